The Bertz CT molecular complexity index is 912. The summed E-state index contributed by atoms with van der Waals surface area (Å²) in [7, 11) is 0. The highest BCUT2D eigenvalue weighted by molar-refractivity contribution is 5.39. The molecule has 4 heteroatoms. The molecule has 172 valence electrons. The molecule has 1 fully saturated rings. The van der Waals surface area contributed by atoms with Crippen LogP contribution in [-0.2, 0) is 11.2 Å². The average Bonchev–Trinajstić information content (AvgIpc) is 3.34. The van der Waals surface area contributed by atoms with Gasteiger partial charge in [-0.15, -0.1) is 0 Å². The van der Waals surface area contributed by atoms with Crippen molar-refractivity contribution in [3.05, 3.63) is 62.3 Å². The van der Waals surface area contributed by atoms with Gasteiger partial charge in [-0.2, -0.15) is 0 Å². The zero-order valence-electron chi connectivity index (χ0n) is 20.4. The van der Waals surface area contributed by atoms with Crippen molar-refractivity contribution in [3.8, 4) is 5.75 Å². The summed E-state index contributed by atoms with van der Waals surface area (Å²) in [5.41, 5.74) is 4.57. The SMILES string of the molecule is CC(C)=CCCC1(C)O[C@H]1CC/C(C)=C/CC/C(C)=C/Cc1c(O)c(C)c(C)oc1=O. The van der Waals surface area contributed by atoms with Gasteiger partial charge in [-0.05, 0) is 87.0 Å². The number of hydrogen-bond donors (Lipinski definition) is 1. The summed E-state index contributed by atoms with van der Waals surface area (Å²) in [6, 6.07) is 0. The number of hydrogen-bond acceptors (Lipinski definition) is 4. The van der Waals surface area contributed by atoms with Crippen molar-refractivity contribution in [2.75, 3.05) is 0 Å². The first-order valence-corrected chi connectivity index (χ1v) is 11.5. The molecule has 31 heavy (non-hydrogen) atoms. The number of rotatable bonds is 11. The van der Waals surface area contributed by atoms with E-state index in [1.807, 2.05) is 6.08 Å². The van der Waals surface area contributed by atoms with Crippen LogP contribution in [0.5, 0.6) is 5.75 Å². The Labute approximate surface area is 187 Å². The van der Waals surface area contributed by atoms with Crippen molar-refractivity contribution >= 4 is 0 Å². The molecule has 0 bridgehead atoms. The standard InChI is InChI=1S/C27H40O4/c1-18(2)10-9-17-27(7)24(31-27)16-14-20(4)12-8-11-19(3)13-15-23-25(28)21(5)22(6)30-26(23)29/h10,12-13,24,28H,8-9,11,14-17H2,1-7H3/b19-13+,20-12+/t24-,27?/m0/s1. The monoisotopic (exact) mass is 428 g/mol. The van der Waals surface area contributed by atoms with Crippen molar-refractivity contribution in [2.24, 2.45) is 0 Å². The molecule has 2 rings (SSSR count). The minimum Gasteiger partial charge on any atom is -0.507 e. The summed E-state index contributed by atoms with van der Waals surface area (Å²) in [6.45, 7) is 14.2. The van der Waals surface area contributed by atoms with E-state index in [1.54, 1.807) is 13.8 Å². The van der Waals surface area contributed by atoms with E-state index in [4.69, 9.17) is 9.15 Å². The van der Waals surface area contributed by atoms with Gasteiger partial charge >= 0.3 is 5.63 Å². The fraction of sp³-hybridized carbons (Fsp3) is 0.593. The summed E-state index contributed by atoms with van der Waals surface area (Å²) in [6.07, 6.45) is 13.7. The zero-order chi connectivity index (χ0) is 23.2. The van der Waals surface area contributed by atoms with E-state index < -0.39 is 5.63 Å². The summed E-state index contributed by atoms with van der Waals surface area (Å²) < 4.78 is 11.2. The highest BCUT2D eigenvalue weighted by atomic mass is 16.6. The number of aryl methyl sites for hydroxylation is 1. The fourth-order valence-electron chi connectivity index (χ4n) is 3.85. The van der Waals surface area contributed by atoms with Crippen LogP contribution in [-0.4, -0.2) is 16.8 Å². The maximum Gasteiger partial charge on any atom is 0.343 e. The van der Waals surface area contributed by atoms with Crippen LogP contribution in [0.1, 0.15) is 90.0 Å². The summed E-state index contributed by atoms with van der Waals surface area (Å²) in [4.78, 5) is 12.0. The van der Waals surface area contributed by atoms with Gasteiger partial charge < -0.3 is 14.3 Å². The van der Waals surface area contributed by atoms with Gasteiger partial charge in [0.2, 0.25) is 0 Å². The molecule has 1 aromatic rings. The van der Waals surface area contributed by atoms with Gasteiger partial charge in [0.15, 0.2) is 0 Å². The normalized spacial score (nSPS) is 21.3. The highest BCUT2D eigenvalue weighted by Gasteiger charge is 2.50. The van der Waals surface area contributed by atoms with E-state index in [0.29, 0.717) is 29.4 Å². The Hall–Kier alpha value is -2.07. The molecule has 1 N–H and O–H groups in total. The lowest BCUT2D eigenvalue weighted by atomic mass is 9.96. The predicted molar refractivity (Wildman–Crippen MR) is 128 cm³/mol. The third-order valence-corrected chi connectivity index (χ3v) is 6.38. The van der Waals surface area contributed by atoms with Crippen LogP contribution in [0.25, 0.3) is 0 Å². The number of allylic oxidation sites excluding steroid dienone is 6. The second-order valence-electron chi connectivity index (χ2n) is 9.52. The van der Waals surface area contributed by atoms with Crippen molar-refractivity contribution in [1.82, 2.24) is 0 Å². The van der Waals surface area contributed by atoms with Crippen LogP contribution < -0.4 is 5.63 Å². The molecule has 1 unspecified atom stereocenters. The molecule has 0 amide bonds. The molecule has 1 aliphatic heterocycles. The molecule has 0 radical (unpaired) electrons. The maximum absolute atomic E-state index is 12.0. The van der Waals surface area contributed by atoms with E-state index in [9.17, 15) is 9.90 Å². The number of aromatic hydroxyl groups is 1. The average molecular weight is 429 g/mol. The highest BCUT2D eigenvalue weighted by Crippen LogP contribution is 2.43. The molecule has 2 atom stereocenters. The second kappa shape index (κ2) is 11.0. The summed E-state index contributed by atoms with van der Waals surface area (Å²) in [5, 5.41) is 10.2. The van der Waals surface area contributed by atoms with E-state index in [-0.39, 0.29) is 11.4 Å². The maximum atomic E-state index is 12.0. The molecule has 0 saturated carbocycles. The topological polar surface area (TPSA) is 63.0 Å². The number of ether oxygens (including phenoxy) is 1. The summed E-state index contributed by atoms with van der Waals surface area (Å²) >= 11 is 0. The lowest BCUT2D eigenvalue weighted by Crippen LogP contribution is -2.09. The lowest BCUT2D eigenvalue weighted by Gasteiger charge is -2.07. The second-order valence-corrected chi connectivity index (χ2v) is 9.52. The molecule has 1 aliphatic rings. The molecule has 1 saturated heterocycles. The Balaban J connectivity index is 1.75. The molecule has 1 aromatic heterocycles. The van der Waals surface area contributed by atoms with E-state index >= 15 is 0 Å². The molecule has 0 aromatic carbocycles. The van der Waals surface area contributed by atoms with E-state index in [1.165, 1.54) is 16.7 Å². The van der Waals surface area contributed by atoms with Crippen LogP contribution in [0.2, 0.25) is 0 Å². The Morgan fingerprint density at radius 2 is 1.71 bits per heavy atom. The smallest absolute Gasteiger partial charge is 0.343 e. The molecule has 0 aliphatic carbocycles. The Kier molecular flexibility index (Phi) is 8.93. The first-order chi connectivity index (χ1) is 14.5. The van der Waals surface area contributed by atoms with Crippen LogP contribution in [0.3, 0.4) is 0 Å². The molecular weight excluding hydrogens is 388 g/mol. The Morgan fingerprint density at radius 3 is 2.39 bits per heavy atom. The lowest BCUT2D eigenvalue weighted by molar-refractivity contribution is 0.295. The van der Waals surface area contributed by atoms with Crippen molar-refractivity contribution in [3.63, 3.8) is 0 Å². The van der Waals surface area contributed by atoms with E-state index in [2.05, 4.69) is 46.8 Å². The van der Waals surface area contributed by atoms with Crippen molar-refractivity contribution < 1.29 is 14.3 Å². The fourth-order valence-corrected chi connectivity index (χ4v) is 3.85. The van der Waals surface area contributed by atoms with Crippen LogP contribution in [0, 0.1) is 13.8 Å². The molecule has 4 nitrogen and oxygen atoms in total. The van der Waals surface area contributed by atoms with Gasteiger partial charge in [0, 0.05) is 12.0 Å². The van der Waals surface area contributed by atoms with Crippen LogP contribution in [0.15, 0.2) is 44.2 Å². The Morgan fingerprint density at radius 1 is 1.03 bits per heavy atom. The predicted octanol–water partition coefficient (Wildman–Crippen LogP) is 6.86. The largest absolute Gasteiger partial charge is 0.507 e. The minimum absolute atomic E-state index is 0.0590. The van der Waals surface area contributed by atoms with Gasteiger partial charge in [0.25, 0.3) is 0 Å². The molecule has 2 heterocycles. The van der Waals surface area contributed by atoms with Crippen molar-refractivity contribution in [1.29, 1.82) is 0 Å². The van der Waals surface area contributed by atoms with Gasteiger partial charge in [0.05, 0.1) is 17.3 Å². The zero-order valence-corrected chi connectivity index (χ0v) is 20.4. The van der Waals surface area contributed by atoms with Crippen LogP contribution in [0.4, 0.5) is 0 Å². The molecular formula is C27H40O4. The number of epoxide rings is 1. The van der Waals surface area contributed by atoms with Gasteiger partial charge in [-0.25, -0.2) is 4.79 Å². The van der Waals surface area contributed by atoms with Crippen LogP contribution >= 0.6 is 0 Å². The van der Waals surface area contributed by atoms with E-state index in [0.717, 1.165) is 38.5 Å². The van der Waals surface area contributed by atoms with Gasteiger partial charge in [-0.3, -0.25) is 0 Å². The van der Waals surface area contributed by atoms with Crippen molar-refractivity contribution in [2.45, 2.75) is 105 Å². The first kappa shape index (κ1) is 25.2. The quantitative estimate of drug-likeness (QED) is 0.309. The third kappa shape index (κ3) is 7.53. The van der Waals surface area contributed by atoms with Gasteiger partial charge in [-0.1, -0.05) is 34.9 Å². The minimum atomic E-state index is -0.449. The first-order valence-electron chi connectivity index (χ1n) is 11.5. The summed E-state index contributed by atoms with van der Waals surface area (Å²) in [5.74, 6) is 0.529. The molecule has 0 spiro atoms. The van der Waals surface area contributed by atoms with Gasteiger partial charge in [0.1, 0.15) is 11.5 Å². The third-order valence-electron chi connectivity index (χ3n) is 6.38.